The fourth-order valence-electron chi connectivity index (χ4n) is 2.96. The van der Waals surface area contributed by atoms with Crippen LogP contribution >= 0.6 is 12.1 Å². The standard InChI is InChI=1S/C20H18FN3S/c21-17-8-1-2-9-18(17)24-20-11-4-3-10-19(20)23(25-24)14-16-7-5-6-15(12-16)13-22/h1-12H,13-14,22H2. The maximum atomic E-state index is 14.3. The van der Waals surface area contributed by atoms with Crippen molar-refractivity contribution in [3.63, 3.8) is 0 Å². The van der Waals surface area contributed by atoms with E-state index in [0.29, 0.717) is 12.2 Å². The monoisotopic (exact) mass is 351 g/mol. The lowest BCUT2D eigenvalue weighted by Gasteiger charge is -2.20. The summed E-state index contributed by atoms with van der Waals surface area (Å²) in [7, 11) is 0. The summed E-state index contributed by atoms with van der Waals surface area (Å²) in [5.74, 6) is -0.225. The molecule has 0 saturated heterocycles. The topological polar surface area (TPSA) is 32.5 Å². The first-order chi connectivity index (χ1) is 12.3. The third-order valence-electron chi connectivity index (χ3n) is 4.17. The predicted molar refractivity (Wildman–Crippen MR) is 103 cm³/mol. The van der Waals surface area contributed by atoms with E-state index in [-0.39, 0.29) is 5.82 Å². The van der Waals surface area contributed by atoms with Crippen LogP contribution in [-0.4, -0.2) is 0 Å². The van der Waals surface area contributed by atoms with Gasteiger partial charge in [0.05, 0.1) is 35.7 Å². The molecule has 0 spiro atoms. The van der Waals surface area contributed by atoms with Crippen molar-refractivity contribution in [1.29, 1.82) is 0 Å². The van der Waals surface area contributed by atoms with Crippen LogP contribution in [0.4, 0.5) is 21.5 Å². The molecule has 0 aliphatic carbocycles. The van der Waals surface area contributed by atoms with Crippen molar-refractivity contribution in [2.45, 2.75) is 13.1 Å². The van der Waals surface area contributed by atoms with Crippen molar-refractivity contribution < 1.29 is 4.39 Å². The van der Waals surface area contributed by atoms with Gasteiger partial charge in [-0.2, -0.15) is 0 Å². The van der Waals surface area contributed by atoms with E-state index in [1.165, 1.54) is 23.8 Å². The van der Waals surface area contributed by atoms with E-state index < -0.39 is 0 Å². The fourth-order valence-corrected chi connectivity index (χ4v) is 4.08. The fraction of sp³-hybridized carbons (Fsp3) is 0.100. The van der Waals surface area contributed by atoms with E-state index >= 15 is 0 Å². The van der Waals surface area contributed by atoms with Crippen LogP contribution in [-0.2, 0) is 13.1 Å². The number of hydrogen-bond donors (Lipinski definition) is 1. The van der Waals surface area contributed by atoms with Gasteiger partial charge in [0.15, 0.2) is 0 Å². The molecule has 0 amide bonds. The van der Waals surface area contributed by atoms with Gasteiger partial charge in [-0.15, -0.1) is 0 Å². The first-order valence-electron chi connectivity index (χ1n) is 8.13. The van der Waals surface area contributed by atoms with Gasteiger partial charge in [-0.05, 0) is 35.4 Å². The molecule has 0 fully saturated rings. The number of rotatable bonds is 4. The van der Waals surface area contributed by atoms with Gasteiger partial charge >= 0.3 is 0 Å². The number of para-hydroxylation sites is 3. The lowest BCUT2D eigenvalue weighted by Crippen LogP contribution is -2.14. The van der Waals surface area contributed by atoms with Crippen LogP contribution in [0, 0.1) is 5.82 Å². The van der Waals surface area contributed by atoms with Gasteiger partial charge in [0.2, 0.25) is 0 Å². The van der Waals surface area contributed by atoms with Crippen LogP contribution in [0.15, 0.2) is 72.8 Å². The van der Waals surface area contributed by atoms with Gasteiger partial charge in [-0.25, -0.2) is 4.39 Å². The van der Waals surface area contributed by atoms with E-state index in [9.17, 15) is 4.39 Å². The largest absolute Gasteiger partial charge is 0.326 e. The van der Waals surface area contributed by atoms with Crippen molar-refractivity contribution in [2.24, 2.45) is 5.73 Å². The normalized spacial score (nSPS) is 13.2. The van der Waals surface area contributed by atoms with Crippen LogP contribution in [0.2, 0.25) is 0 Å². The lowest BCUT2D eigenvalue weighted by atomic mass is 10.1. The van der Waals surface area contributed by atoms with Crippen LogP contribution < -0.4 is 14.3 Å². The first kappa shape index (κ1) is 16.0. The number of hydrogen-bond acceptors (Lipinski definition) is 4. The molecule has 0 saturated carbocycles. The van der Waals surface area contributed by atoms with Gasteiger partial charge < -0.3 is 5.73 Å². The van der Waals surface area contributed by atoms with Crippen molar-refractivity contribution in [1.82, 2.24) is 0 Å². The molecule has 0 aromatic heterocycles. The first-order valence-corrected chi connectivity index (χ1v) is 8.86. The molecule has 1 aliphatic rings. The van der Waals surface area contributed by atoms with Crippen molar-refractivity contribution in [3.05, 3.63) is 89.7 Å². The van der Waals surface area contributed by atoms with Gasteiger partial charge in [0, 0.05) is 6.54 Å². The summed E-state index contributed by atoms with van der Waals surface area (Å²) in [6.45, 7) is 1.25. The summed E-state index contributed by atoms with van der Waals surface area (Å²) in [6.07, 6.45) is 0. The Bertz CT molecular complexity index is 899. The highest BCUT2D eigenvalue weighted by Gasteiger charge is 2.29. The molecule has 25 heavy (non-hydrogen) atoms. The second kappa shape index (κ2) is 6.78. The van der Waals surface area contributed by atoms with Gasteiger partial charge in [0.1, 0.15) is 5.82 Å². The maximum Gasteiger partial charge on any atom is 0.147 e. The Labute approximate surface area is 151 Å². The average Bonchev–Trinajstić information content (AvgIpc) is 3.01. The van der Waals surface area contributed by atoms with Gasteiger partial charge in [-0.3, -0.25) is 8.61 Å². The molecule has 0 unspecified atom stereocenters. The van der Waals surface area contributed by atoms with Gasteiger partial charge in [0.25, 0.3) is 0 Å². The number of benzene rings is 3. The van der Waals surface area contributed by atoms with E-state index in [1.54, 1.807) is 12.1 Å². The molecule has 0 bridgehead atoms. The maximum absolute atomic E-state index is 14.3. The van der Waals surface area contributed by atoms with Gasteiger partial charge in [-0.1, -0.05) is 48.5 Å². The molecule has 4 rings (SSSR count). The zero-order chi connectivity index (χ0) is 17.2. The zero-order valence-corrected chi connectivity index (χ0v) is 14.4. The Kier molecular flexibility index (Phi) is 4.34. The minimum absolute atomic E-state index is 0.225. The summed E-state index contributed by atoms with van der Waals surface area (Å²) < 4.78 is 18.4. The minimum atomic E-state index is -0.225. The third-order valence-corrected chi connectivity index (χ3v) is 5.25. The van der Waals surface area contributed by atoms with Crippen molar-refractivity contribution >= 4 is 29.2 Å². The number of fused-ring (bicyclic) bond motifs is 1. The molecular weight excluding hydrogens is 333 g/mol. The molecule has 1 aliphatic heterocycles. The lowest BCUT2D eigenvalue weighted by molar-refractivity contribution is 0.630. The average molecular weight is 351 g/mol. The van der Waals surface area contributed by atoms with E-state index in [0.717, 1.165) is 23.5 Å². The summed E-state index contributed by atoms with van der Waals surface area (Å²) in [6, 6.07) is 23.2. The highest BCUT2D eigenvalue weighted by molar-refractivity contribution is 8.02. The van der Waals surface area contributed by atoms with Crippen LogP contribution in [0.3, 0.4) is 0 Å². The SMILES string of the molecule is NCc1cccc(CN2SN(c3ccccc3F)c3ccccc32)c1. The quantitative estimate of drug-likeness (QED) is 0.670. The zero-order valence-electron chi connectivity index (χ0n) is 13.6. The Morgan fingerprint density at radius 2 is 1.48 bits per heavy atom. The Morgan fingerprint density at radius 3 is 2.24 bits per heavy atom. The summed E-state index contributed by atoms with van der Waals surface area (Å²) in [4.78, 5) is 0. The highest BCUT2D eigenvalue weighted by Crippen LogP contribution is 2.49. The van der Waals surface area contributed by atoms with E-state index in [1.807, 2.05) is 40.7 Å². The molecule has 3 aromatic carbocycles. The number of nitrogens with two attached hydrogens (primary N) is 1. The molecule has 2 N–H and O–H groups in total. The molecule has 5 heteroatoms. The number of nitrogens with zero attached hydrogens (tertiary/aromatic N) is 2. The third kappa shape index (κ3) is 3.08. The van der Waals surface area contributed by atoms with Crippen LogP contribution in [0.1, 0.15) is 11.1 Å². The molecule has 126 valence electrons. The summed E-state index contributed by atoms with van der Waals surface area (Å²) in [5, 5.41) is 0. The summed E-state index contributed by atoms with van der Waals surface area (Å²) >= 11 is 1.51. The second-order valence-electron chi connectivity index (χ2n) is 5.88. The molecule has 1 heterocycles. The number of anilines is 3. The molecule has 0 atom stereocenters. The van der Waals surface area contributed by atoms with E-state index in [2.05, 4.69) is 22.5 Å². The Balaban J connectivity index is 1.68. The molecule has 0 radical (unpaired) electrons. The van der Waals surface area contributed by atoms with E-state index in [4.69, 9.17) is 5.73 Å². The smallest absolute Gasteiger partial charge is 0.147 e. The van der Waals surface area contributed by atoms with Crippen LogP contribution in [0.25, 0.3) is 0 Å². The molecular formula is C20H18FN3S. The van der Waals surface area contributed by atoms with Crippen molar-refractivity contribution in [2.75, 3.05) is 8.61 Å². The summed E-state index contributed by atoms with van der Waals surface area (Å²) in [5.41, 5.74) is 10.7. The molecule has 3 nitrogen and oxygen atoms in total. The van der Waals surface area contributed by atoms with Crippen LogP contribution in [0.5, 0.6) is 0 Å². The number of halogens is 1. The Hall–Kier alpha value is -2.50. The molecule has 3 aromatic rings. The predicted octanol–water partition coefficient (Wildman–Crippen LogP) is 5.01. The highest BCUT2D eigenvalue weighted by atomic mass is 32.2. The minimum Gasteiger partial charge on any atom is -0.326 e. The van der Waals surface area contributed by atoms with Crippen molar-refractivity contribution in [3.8, 4) is 0 Å². The second-order valence-corrected chi connectivity index (χ2v) is 6.85. The Morgan fingerprint density at radius 1 is 0.800 bits per heavy atom.